The molecule has 0 amide bonds. The van der Waals surface area contributed by atoms with Crippen molar-refractivity contribution in [2.24, 2.45) is 0 Å². The fourth-order valence-corrected chi connectivity index (χ4v) is 3.51. The summed E-state index contributed by atoms with van der Waals surface area (Å²) < 4.78 is 18.5. The summed E-state index contributed by atoms with van der Waals surface area (Å²) >= 11 is 0. The third kappa shape index (κ3) is 3.54. The minimum atomic E-state index is -0.213. The average molecular weight is 358 g/mol. The number of aromatic nitrogens is 2. The number of methoxy groups -OCH3 is 1. The van der Waals surface area contributed by atoms with E-state index in [0.717, 1.165) is 47.9 Å². The Labute approximate surface area is 154 Å². The fourth-order valence-electron chi connectivity index (χ4n) is 3.51. The largest absolute Gasteiger partial charge is 0.496 e. The summed E-state index contributed by atoms with van der Waals surface area (Å²) in [4.78, 5) is 11.6. The normalized spacial score (nSPS) is 12.8. The molecule has 0 fully saturated rings. The number of carbonyl (C=O) groups is 1. The fraction of sp³-hybridized carbons (Fsp3) is 0.500. The molecular formula is C20H26N2O4. The Hall–Kier alpha value is -2.50. The lowest BCUT2D eigenvalue weighted by Crippen LogP contribution is -2.11. The minimum absolute atomic E-state index is 0.213. The molecule has 1 heterocycles. The molecular weight excluding hydrogens is 332 g/mol. The van der Waals surface area contributed by atoms with E-state index in [9.17, 15) is 4.79 Å². The van der Waals surface area contributed by atoms with Crippen LogP contribution in [0, 0.1) is 13.8 Å². The number of esters is 1. The van der Waals surface area contributed by atoms with Crippen LogP contribution in [0.2, 0.25) is 0 Å². The van der Waals surface area contributed by atoms with Gasteiger partial charge in [0.05, 0.1) is 32.4 Å². The number of nitrogens with zero attached hydrogens (tertiary/aromatic N) is 2. The second-order valence-corrected chi connectivity index (χ2v) is 6.46. The van der Waals surface area contributed by atoms with Crippen LogP contribution in [0.3, 0.4) is 0 Å². The molecule has 0 saturated carbocycles. The highest BCUT2D eigenvalue weighted by atomic mass is 16.5. The summed E-state index contributed by atoms with van der Waals surface area (Å²) in [5.74, 6) is 2.35. The van der Waals surface area contributed by atoms with Crippen LogP contribution in [-0.2, 0) is 28.9 Å². The number of benzene rings is 1. The summed E-state index contributed by atoms with van der Waals surface area (Å²) in [7, 11) is 1.70. The standard InChI is InChI=1S/C20H26N2O4/c1-5-25-19(23)11-12-22-14(3)20(13(2)21-22)26-18-10-9-17(24-4)15-7-6-8-16(15)18/h9-10H,5-8,11-12H2,1-4H3. The van der Waals surface area contributed by atoms with Crippen molar-refractivity contribution in [3.8, 4) is 17.2 Å². The van der Waals surface area contributed by atoms with Gasteiger partial charge in [-0.05, 0) is 52.2 Å². The molecule has 0 atom stereocenters. The van der Waals surface area contributed by atoms with Crippen molar-refractivity contribution in [2.45, 2.75) is 53.0 Å². The van der Waals surface area contributed by atoms with E-state index in [1.165, 1.54) is 11.1 Å². The maximum Gasteiger partial charge on any atom is 0.307 e. The van der Waals surface area contributed by atoms with Crippen molar-refractivity contribution in [3.63, 3.8) is 0 Å². The van der Waals surface area contributed by atoms with E-state index >= 15 is 0 Å². The zero-order chi connectivity index (χ0) is 18.7. The number of hydrogen-bond acceptors (Lipinski definition) is 5. The van der Waals surface area contributed by atoms with Gasteiger partial charge in [-0.3, -0.25) is 9.48 Å². The second kappa shape index (κ2) is 7.81. The van der Waals surface area contributed by atoms with Gasteiger partial charge in [0.2, 0.25) is 0 Å². The molecule has 6 heteroatoms. The van der Waals surface area contributed by atoms with Crippen molar-refractivity contribution in [1.29, 1.82) is 0 Å². The molecule has 0 spiro atoms. The molecule has 26 heavy (non-hydrogen) atoms. The van der Waals surface area contributed by atoms with Gasteiger partial charge in [0.1, 0.15) is 17.2 Å². The molecule has 140 valence electrons. The molecule has 3 rings (SSSR count). The maximum atomic E-state index is 11.6. The monoisotopic (exact) mass is 358 g/mol. The smallest absolute Gasteiger partial charge is 0.307 e. The third-order valence-corrected chi connectivity index (χ3v) is 4.78. The van der Waals surface area contributed by atoms with E-state index in [-0.39, 0.29) is 5.97 Å². The molecule has 6 nitrogen and oxygen atoms in total. The van der Waals surface area contributed by atoms with Gasteiger partial charge in [0, 0.05) is 11.1 Å². The average Bonchev–Trinajstić information content (AvgIpc) is 3.21. The highest BCUT2D eigenvalue weighted by Gasteiger charge is 2.22. The molecule has 0 saturated heterocycles. The van der Waals surface area contributed by atoms with Gasteiger partial charge in [0.25, 0.3) is 0 Å². The van der Waals surface area contributed by atoms with Crippen molar-refractivity contribution in [1.82, 2.24) is 9.78 Å². The van der Waals surface area contributed by atoms with Crippen molar-refractivity contribution < 1.29 is 19.0 Å². The predicted molar refractivity (Wildman–Crippen MR) is 98.0 cm³/mol. The van der Waals surface area contributed by atoms with Crippen LogP contribution in [0.5, 0.6) is 17.2 Å². The molecule has 0 unspecified atom stereocenters. The number of carbonyl (C=O) groups excluding carboxylic acids is 1. The zero-order valence-corrected chi connectivity index (χ0v) is 15.9. The topological polar surface area (TPSA) is 62.6 Å². The molecule has 0 N–H and O–H groups in total. The number of aryl methyl sites for hydroxylation is 2. The van der Waals surface area contributed by atoms with Crippen LogP contribution in [0.15, 0.2) is 12.1 Å². The Morgan fingerprint density at radius 1 is 1.19 bits per heavy atom. The van der Waals surface area contributed by atoms with Crippen LogP contribution in [-0.4, -0.2) is 29.5 Å². The van der Waals surface area contributed by atoms with Gasteiger partial charge >= 0.3 is 5.97 Å². The van der Waals surface area contributed by atoms with Gasteiger partial charge in [-0.15, -0.1) is 0 Å². The van der Waals surface area contributed by atoms with Crippen molar-refractivity contribution in [3.05, 3.63) is 34.6 Å². The lowest BCUT2D eigenvalue weighted by Gasteiger charge is -2.13. The van der Waals surface area contributed by atoms with E-state index in [1.54, 1.807) is 14.0 Å². The summed E-state index contributed by atoms with van der Waals surface area (Å²) in [6, 6.07) is 3.94. The molecule has 0 aliphatic heterocycles. The third-order valence-electron chi connectivity index (χ3n) is 4.78. The number of rotatable bonds is 7. The van der Waals surface area contributed by atoms with Gasteiger partial charge in [-0.25, -0.2) is 0 Å². The van der Waals surface area contributed by atoms with Crippen LogP contribution in [0.25, 0.3) is 0 Å². The first-order valence-electron chi connectivity index (χ1n) is 9.11. The first kappa shape index (κ1) is 18.3. The zero-order valence-electron chi connectivity index (χ0n) is 15.9. The van der Waals surface area contributed by atoms with Crippen LogP contribution < -0.4 is 9.47 Å². The lowest BCUT2D eigenvalue weighted by molar-refractivity contribution is -0.143. The molecule has 1 aromatic carbocycles. The Morgan fingerprint density at radius 3 is 2.58 bits per heavy atom. The van der Waals surface area contributed by atoms with Crippen LogP contribution >= 0.6 is 0 Å². The van der Waals surface area contributed by atoms with Gasteiger partial charge in [0.15, 0.2) is 5.75 Å². The molecule has 0 bridgehead atoms. The van der Waals surface area contributed by atoms with Crippen molar-refractivity contribution >= 4 is 5.97 Å². The van der Waals surface area contributed by atoms with Gasteiger partial charge in [-0.1, -0.05) is 0 Å². The summed E-state index contributed by atoms with van der Waals surface area (Å²) in [6.07, 6.45) is 3.43. The number of hydrogen-bond donors (Lipinski definition) is 0. The van der Waals surface area contributed by atoms with Crippen LogP contribution in [0.4, 0.5) is 0 Å². The van der Waals surface area contributed by atoms with Crippen molar-refractivity contribution in [2.75, 3.05) is 13.7 Å². The molecule has 1 aliphatic rings. The quantitative estimate of drug-likeness (QED) is 0.706. The summed E-state index contributed by atoms with van der Waals surface area (Å²) in [5.41, 5.74) is 4.20. The Morgan fingerprint density at radius 2 is 1.88 bits per heavy atom. The van der Waals surface area contributed by atoms with Gasteiger partial charge < -0.3 is 14.2 Å². The predicted octanol–water partition coefficient (Wildman–Crippen LogP) is 3.74. The Kier molecular flexibility index (Phi) is 5.49. The molecule has 2 aromatic rings. The SMILES string of the molecule is CCOC(=O)CCn1nc(C)c(Oc2ccc(OC)c3c2CCC3)c1C. The lowest BCUT2D eigenvalue weighted by atomic mass is 10.1. The number of ether oxygens (including phenoxy) is 3. The summed E-state index contributed by atoms with van der Waals surface area (Å²) in [5, 5.41) is 4.52. The second-order valence-electron chi connectivity index (χ2n) is 6.46. The van der Waals surface area contributed by atoms with E-state index in [1.807, 2.05) is 30.7 Å². The van der Waals surface area contributed by atoms with E-state index in [0.29, 0.717) is 19.6 Å². The van der Waals surface area contributed by atoms with E-state index < -0.39 is 0 Å². The molecule has 1 aromatic heterocycles. The number of fused-ring (bicyclic) bond motifs is 1. The van der Waals surface area contributed by atoms with Crippen LogP contribution in [0.1, 0.15) is 42.3 Å². The highest BCUT2D eigenvalue weighted by molar-refractivity contribution is 5.69. The minimum Gasteiger partial charge on any atom is -0.496 e. The highest BCUT2D eigenvalue weighted by Crippen LogP contribution is 2.40. The first-order chi connectivity index (χ1) is 12.5. The Bertz CT molecular complexity index is 811. The Balaban J connectivity index is 1.81. The summed E-state index contributed by atoms with van der Waals surface area (Å²) in [6.45, 7) is 6.57. The van der Waals surface area contributed by atoms with E-state index in [4.69, 9.17) is 14.2 Å². The van der Waals surface area contributed by atoms with Gasteiger partial charge in [-0.2, -0.15) is 5.10 Å². The maximum absolute atomic E-state index is 11.6. The molecule has 0 radical (unpaired) electrons. The first-order valence-corrected chi connectivity index (χ1v) is 9.11. The molecule has 1 aliphatic carbocycles. The van der Waals surface area contributed by atoms with E-state index in [2.05, 4.69) is 5.10 Å².